The molecule has 19 heteroatoms. The molecule has 0 saturated heterocycles. The topological polar surface area (TPSA) is 195 Å². The van der Waals surface area contributed by atoms with E-state index in [4.69, 9.17) is 4.42 Å². The molecule has 0 saturated carbocycles. The van der Waals surface area contributed by atoms with Crippen LogP contribution < -0.4 is 21.3 Å². The van der Waals surface area contributed by atoms with Crippen molar-refractivity contribution in [1.82, 2.24) is 40.3 Å². The minimum atomic E-state index is -0.460. The van der Waals surface area contributed by atoms with Gasteiger partial charge in [0.05, 0.1) is 30.3 Å². The summed E-state index contributed by atoms with van der Waals surface area (Å²) in [6.45, 7) is 2.30. The standard InChI is InChI=1S/C21H14FN3O.C18H14FN3.2C17H13FN4/c22-18-8-7-16(19-4-2-10-26-19)15-6-5-14(11-17(15)18)25-21-20-13(12-24-21)3-1-9-23-20;1-11-4-7-16(19)15-9-13(5-6-14(11)15)22-18-17-12(10-21-18)3-2-8-20-17;18-10-12-4-1-3-11-9-13(6-7-14(11)12)20-17-16-15(21-22-17)5-2-8-19-16;18-10-12-4-1-3-11-9-13(6-7-14(11)12)20-17-15-5-2-8-19-16(15)21-22-17/h1-11H,12H2,(H,24,25);2-9H,10H2,1H3,(H,21,22);1-9H,10H2,(H2,20,21,22);1-9H,10H2,(H2,19,20,21,22). The van der Waals surface area contributed by atoms with Gasteiger partial charge in [0, 0.05) is 75.0 Å². The second kappa shape index (κ2) is 25.5. The van der Waals surface area contributed by atoms with Crippen LogP contribution in [0.3, 0.4) is 0 Å². The first-order valence-corrected chi connectivity index (χ1v) is 29.5. The number of nitrogens with one attached hydrogen (secondary N) is 6. The molecule has 7 aromatic heterocycles. The van der Waals surface area contributed by atoms with Crippen molar-refractivity contribution in [2.75, 3.05) is 21.3 Å². The van der Waals surface area contributed by atoms with Crippen LogP contribution in [0.1, 0.15) is 39.2 Å². The fourth-order valence-corrected chi connectivity index (χ4v) is 11.3. The Kier molecular flexibility index (Phi) is 16.0. The van der Waals surface area contributed by atoms with Crippen LogP contribution in [0.4, 0.5) is 51.9 Å². The SMILES string of the molecule is Cc1ccc(F)c2cc(NC3=NCc4cccnc43)ccc12.FCc1cccc2cc(Nc3[nH]nc4ncccc34)ccc12.FCc1cccc2cc(Nc3n[nH]c4cccnc34)ccc12.Fc1ccc(-c2ccco2)c2ccc(NC3=NCc4cccnc43)cc12. The van der Waals surface area contributed by atoms with E-state index in [1.807, 2.05) is 165 Å². The van der Waals surface area contributed by atoms with Crippen LogP contribution in [0.5, 0.6) is 0 Å². The molecule has 0 unspecified atom stereocenters. The van der Waals surface area contributed by atoms with Crippen molar-refractivity contribution in [2.45, 2.75) is 33.4 Å². The number of H-pyrrole nitrogens is 2. The van der Waals surface area contributed by atoms with Crippen molar-refractivity contribution in [3.8, 4) is 11.3 Å². The van der Waals surface area contributed by atoms with Crippen LogP contribution >= 0.6 is 0 Å². The van der Waals surface area contributed by atoms with E-state index in [9.17, 15) is 17.6 Å². The highest BCUT2D eigenvalue weighted by Crippen LogP contribution is 2.35. The van der Waals surface area contributed by atoms with Crippen LogP contribution in [0.2, 0.25) is 0 Å². The highest BCUT2D eigenvalue weighted by molar-refractivity contribution is 6.11. The van der Waals surface area contributed by atoms with Crippen LogP contribution in [0, 0.1) is 18.6 Å². The first-order chi connectivity index (χ1) is 45.2. The zero-order chi connectivity index (χ0) is 62.5. The summed E-state index contributed by atoms with van der Waals surface area (Å²) < 4.78 is 59.9. The number of pyridine rings is 4. The van der Waals surface area contributed by atoms with Crippen LogP contribution in [0.15, 0.2) is 240 Å². The highest BCUT2D eigenvalue weighted by Gasteiger charge is 2.20. The molecule has 2 aliphatic heterocycles. The lowest BCUT2D eigenvalue weighted by Crippen LogP contribution is -2.13. The van der Waals surface area contributed by atoms with E-state index >= 15 is 0 Å². The Hall–Kier alpha value is -12.1. The summed E-state index contributed by atoms with van der Waals surface area (Å²) in [5, 5.41) is 35.0. The molecule has 0 fully saturated rings. The van der Waals surface area contributed by atoms with Crippen molar-refractivity contribution in [3.05, 3.63) is 276 Å². The first kappa shape index (κ1) is 57.6. The number of hydrogen-bond donors (Lipinski definition) is 6. The number of aryl methyl sites for hydroxylation is 1. The maximum Gasteiger partial charge on any atom is 0.183 e. The number of aromatic amines is 2. The molecular formula is C73H54F4N14O. The van der Waals surface area contributed by atoms with Crippen molar-refractivity contribution in [1.29, 1.82) is 0 Å². The third kappa shape index (κ3) is 11.9. The lowest BCUT2D eigenvalue weighted by Gasteiger charge is -2.10. The molecule has 0 aliphatic carbocycles. The van der Waals surface area contributed by atoms with Gasteiger partial charge in [-0.15, -0.1) is 0 Å². The van der Waals surface area contributed by atoms with E-state index in [0.717, 1.165) is 117 Å². The summed E-state index contributed by atoms with van der Waals surface area (Å²) in [6, 6.07) is 60.0. The Morgan fingerprint density at radius 3 is 1.66 bits per heavy atom. The van der Waals surface area contributed by atoms with Gasteiger partial charge in [-0.3, -0.25) is 35.1 Å². The van der Waals surface area contributed by atoms with Crippen molar-refractivity contribution < 1.29 is 22.0 Å². The van der Waals surface area contributed by atoms with Crippen LogP contribution in [0.25, 0.3) is 76.5 Å². The predicted molar refractivity (Wildman–Crippen MR) is 358 cm³/mol. The number of aromatic nitrogens is 8. The van der Waals surface area contributed by atoms with Gasteiger partial charge in [-0.05, 0) is 171 Å². The number of nitrogens with zero attached hydrogens (tertiary/aromatic N) is 8. The normalized spacial score (nSPS) is 12.1. The molecule has 0 radical (unpaired) electrons. The van der Waals surface area contributed by atoms with E-state index in [1.165, 1.54) is 12.1 Å². The second-order valence-corrected chi connectivity index (χ2v) is 21.7. The minimum absolute atomic E-state index is 0.212. The Morgan fingerprint density at radius 1 is 0.457 bits per heavy atom. The largest absolute Gasteiger partial charge is 0.464 e. The molecule has 15 nitrogen and oxygen atoms in total. The van der Waals surface area contributed by atoms with Gasteiger partial charge in [-0.25, -0.2) is 22.5 Å². The quantitative estimate of drug-likeness (QED) is 0.0753. The minimum Gasteiger partial charge on any atom is -0.464 e. The number of benzene rings is 8. The Morgan fingerprint density at radius 2 is 1.02 bits per heavy atom. The number of alkyl halides is 2. The van der Waals surface area contributed by atoms with Gasteiger partial charge in [-0.1, -0.05) is 78.9 Å². The number of fused-ring (bicyclic) bond motifs is 8. The summed E-state index contributed by atoms with van der Waals surface area (Å²) in [7, 11) is 0. The smallest absolute Gasteiger partial charge is 0.183 e. The number of hydrogen-bond acceptors (Lipinski definition) is 13. The molecule has 17 rings (SSSR count). The van der Waals surface area contributed by atoms with Gasteiger partial charge in [0.15, 0.2) is 23.1 Å². The molecule has 9 heterocycles. The molecule has 15 aromatic rings. The zero-order valence-corrected chi connectivity index (χ0v) is 49.2. The van der Waals surface area contributed by atoms with E-state index < -0.39 is 13.3 Å². The average molecular weight is 1220 g/mol. The molecule has 0 bridgehead atoms. The molecule has 6 N–H and O–H groups in total. The zero-order valence-electron chi connectivity index (χ0n) is 49.2. The maximum absolute atomic E-state index is 14.4. The van der Waals surface area contributed by atoms with E-state index in [-0.39, 0.29) is 11.6 Å². The first-order valence-electron chi connectivity index (χ1n) is 29.5. The van der Waals surface area contributed by atoms with Gasteiger partial charge >= 0.3 is 0 Å². The molecule has 0 amide bonds. The molecule has 2 aliphatic rings. The van der Waals surface area contributed by atoms with E-state index in [1.54, 1.807) is 55.3 Å². The van der Waals surface area contributed by atoms with Gasteiger partial charge < -0.3 is 25.7 Å². The van der Waals surface area contributed by atoms with Crippen molar-refractivity contribution in [2.24, 2.45) is 9.98 Å². The molecule has 450 valence electrons. The number of aliphatic imine (C=N–C) groups is 2. The fourth-order valence-electron chi connectivity index (χ4n) is 11.3. The summed E-state index contributed by atoms with van der Waals surface area (Å²) in [5.41, 5.74) is 13.0. The predicted octanol–water partition coefficient (Wildman–Crippen LogP) is 17.7. The lowest BCUT2D eigenvalue weighted by molar-refractivity contribution is 0.487. The monoisotopic (exact) mass is 1220 g/mol. The Balaban J connectivity index is 0.000000107. The number of halogens is 4. The van der Waals surface area contributed by atoms with Crippen molar-refractivity contribution >= 4 is 111 Å². The second-order valence-electron chi connectivity index (χ2n) is 21.7. The molecular weight excluding hydrogens is 1160 g/mol. The summed E-state index contributed by atoms with van der Waals surface area (Å²) in [4.78, 5) is 26.2. The Labute approximate surface area is 523 Å². The van der Waals surface area contributed by atoms with Gasteiger partial charge in [0.25, 0.3) is 0 Å². The lowest BCUT2D eigenvalue weighted by atomic mass is 10.0. The van der Waals surface area contributed by atoms with E-state index in [2.05, 4.69) is 71.6 Å². The van der Waals surface area contributed by atoms with Gasteiger partial charge in [-0.2, -0.15) is 10.2 Å². The van der Waals surface area contributed by atoms with Crippen LogP contribution in [-0.2, 0) is 26.4 Å². The number of rotatable bonds is 9. The summed E-state index contributed by atoms with van der Waals surface area (Å²) >= 11 is 0. The molecule has 0 atom stereocenters. The third-order valence-corrected chi connectivity index (χ3v) is 15.9. The van der Waals surface area contributed by atoms with Gasteiger partial charge in [0.2, 0.25) is 0 Å². The van der Waals surface area contributed by atoms with Gasteiger partial charge in [0.1, 0.15) is 53.5 Å². The van der Waals surface area contributed by atoms with Crippen LogP contribution in [-0.4, -0.2) is 52.0 Å². The van der Waals surface area contributed by atoms with Crippen molar-refractivity contribution in [3.63, 3.8) is 0 Å². The maximum atomic E-state index is 14.4. The molecule has 8 aromatic carbocycles. The summed E-state index contributed by atoms with van der Waals surface area (Å²) in [5.74, 6) is 3.15. The third-order valence-electron chi connectivity index (χ3n) is 15.9. The molecule has 92 heavy (non-hydrogen) atoms. The number of amidine groups is 2. The average Bonchev–Trinajstić information content (AvgIpc) is 1.47. The van der Waals surface area contributed by atoms with E-state index in [0.29, 0.717) is 58.0 Å². The Bertz CT molecular complexity index is 5140. The number of furan rings is 1. The summed E-state index contributed by atoms with van der Waals surface area (Å²) in [6.07, 6.45) is 8.56. The highest BCUT2D eigenvalue weighted by atomic mass is 19.1. The fraction of sp³-hybridized carbons (Fsp3) is 0.0685. The number of anilines is 6. The molecule has 0 spiro atoms.